The van der Waals surface area contributed by atoms with Gasteiger partial charge >= 0.3 is 11.6 Å². The van der Waals surface area contributed by atoms with Crippen LogP contribution in [0, 0.1) is 28.6 Å². The molecule has 4 fully saturated rings. The van der Waals surface area contributed by atoms with Gasteiger partial charge in [-0.25, -0.2) is 4.79 Å². The third-order valence-electron chi connectivity index (χ3n) is 10.8. The summed E-state index contributed by atoms with van der Waals surface area (Å²) in [5.41, 5.74) is 3.10. The fraction of sp³-hybridized carbons (Fsp3) is 0.724. The molecule has 5 nitrogen and oxygen atoms in total. The maximum absolute atomic E-state index is 12.6. The van der Waals surface area contributed by atoms with Crippen molar-refractivity contribution in [2.75, 3.05) is 6.54 Å². The molecule has 8 atom stereocenters. The first kappa shape index (κ1) is 22.6. The van der Waals surface area contributed by atoms with Gasteiger partial charge in [-0.15, -0.1) is 0 Å². The second-order valence-corrected chi connectivity index (χ2v) is 12.3. The average molecular weight is 466 g/mol. The topological polar surface area (TPSA) is 68.5 Å². The lowest BCUT2D eigenvalue weighted by Gasteiger charge is -2.59. The fourth-order valence-electron chi connectivity index (χ4n) is 8.86. The zero-order chi connectivity index (χ0) is 23.5. The van der Waals surface area contributed by atoms with E-state index in [1.165, 1.54) is 37.7 Å². The number of hydrogen-bond donors (Lipinski definition) is 1. The number of carbonyl (C=O) groups is 1. The predicted molar refractivity (Wildman–Crippen MR) is 130 cm³/mol. The van der Waals surface area contributed by atoms with Gasteiger partial charge in [-0.1, -0.05) is 25.5 Å². The van der Waals surface area contributed by atoms with Crippen molar-refractivity contribution in [1.29, 1.82) is 0 Å². The zero-order valence-corrected chi connectivity index (χ0v) is 20.7. The van der Waals surface area contributed by atoms with Gasteiger partial charge in [0.25, 0.3) is 0 Å². The Balaban J connectivity index is 1.16. The van der Waals surface area contributed by atoms with Gasteiger partial charge in [-0.2, -0.15) is 0 Å². The Bertz CT molecular complexity index is 1020. The molecule has 34 heavy (non-hydrogen) atoms. The van der Waals surface area contributed by atoms with Crippen molar-refractivity contribution in [3.63, 3.8) is 0 Å². The number of carbonyl (C=O) groups excluding carboxylic acids is 1. The highest BCUT2D eigenvalue weighted by Gasteiger charge is 2.58. The summed E-state index contributed by atoms with van der Waals surface area (Å²) < 4.78 is 11.3. The average Bonchev–Trinajstić information content (AvgIpc) is 3.48. The van der Waals surface area contributed by atoms with Crippen LogP contribution in [0.2, 0.25) is 0 Å². The van der Waals surface area contributed by atoms with Gasteiger partial charge in [0.15, 0.2) is 0 Å². The van der Waals surface area contributed by atoms with Crippen molar-refractivity contribution in [1.82, 2.24) is 5.32 Å². The Morgan fingerprint density at radius 2 is 2.00 bits per heavy atom. The molecule has 0 spiro atoms. The molecule has 1 N–H and O–H groups in total. The quantitative estimate of drug-likeness (QED) is 0.481. The first-order chi connectivity index (χ1) is 16.4. The van der Waals surface area contributed by atoms with E-state index in [-0.39, 0.29) is 29.2 Å². The number of allylic oxidation sites excluding steroid dienone is 2. The molecule has 1 aromatic heterocycles. The van der Waals surface area contributed by atoms with E-state index in [2.05, 4.69) is 25.2 Å². The summed E-state index contributed by atoms with van der Waals surface area (Å²) in [5.74, 6) is 2.45. The first-order valence-electron chi connectivity index (χ1n) is 13.6. The Kier molecular flexibility index (Phi) is 5.55. The van der Waals surface area contributed by atoms with Crippen LogP contribution < -0.4 is 10.9 Å². The molecule has 3 saturated carbocycles. The molecule has 0 amide bonds. The van der Waals surface area contributed by atoms with E-state index in [4.69, 9.17) is 9.15 Å². The number of fused-ring (bicyclic) bond motifs is 5. The van der Waals surface area contributed by atoms with E-state index in [1.807, 2.05) is 6.07 Å². The smallest absolute Gasteiger partial charge is 0.335 e. The summed E-state index contributed by atoms with van der Waals surface area (Å²) >= 11 is 0. The molecule has 184 valence electrons. The molecule has 1 saturated heterocycles. The fourth-order valence-corrected chi connectivity index (χ4v) is 8.86. The SMILES string of the molecule is C[C@]12CC[C@H](OC(=O)C3CCCN3)C[C@H]1CC[C@H]1C3=CC[C@H](c4ccc(=O)oc4)[C@@]3(C)CC[C@@H]12. The number of hydrogen-bond acceptors (Lipinski definition) is 5. The highest BCUT2D eigenvalue weighted by atomic mass is 16.5. The number of rotatable bonds is 3. The minimum absolute atomic E-state index is 0.0212. The minimum Gasteiger partial charge on any atom is -0.461 e. The predicted octanol–water partition coefficient (Wildman–Crippen LogP) is 5.35. The second-order valence-electron chi connectivity index (χ2n) is 12.3. The van der Waals surface area contributed by atoms with Gasteiger partial charge in [0, 0.05) is 6.07 Å². The van der Waals surface area contributed by atoms with E-state index in [0.29, 0.717) is 23.2 Å². The van der Waals surface area contributed by atoms with Crippen molar-refractivity contribution in [3.05, 3.63) is 46.0 Å². The van der Waals surface area contributed by atoms with Crippen LogP contribution >= 0.6 is 0 Å². The van der Waals surface area contributed by atoms with Gasteiger partial charge in [0.1, 0.15) is 12.1 Å². The third kappa shape index (κ3) is 3.53. The van der Waals surface area contributed by atoms with Crippen LogP contribution in [0.3, 0.4) is 0 Å². The molecule has 5 heteroatoms. The summed E-state index contributed by atoms with van der Waals surface area (Å²) in [6, 6.07) is 3.47. The molecule has 0 radical (unpaired) electrons. The lowest BCUT2D eigenvalue weighted by molar-refractivity contribution is -0.159. The van der Waals surface area contributed by atoms with E-state index in [9.17, 15) is 9.59 Å². The molecular formula is C29H39NO4. The van der Waals surface area contributed by atoms with Gasteiger partial charge in [0.05, 0.1) is 6.26 Å². The van der Waals surface area contributed by atoms with Crippen molar-refractivity contribution >= 4 is 5.97 Å². The van der Waals surface area contributed by atoms with Crippen molar-refractivity contribution in [3.8, 4) is 0 Å². The van der Waals surface area contributed by atoms with Crippen LogP contribution in [0.15, 0.2) is 39.3 Å². The van der Waals surface area contributed by atoms with Crippen LogP contribution in [-0.2, 0) is 9.53 Å². The van der Waals surface area contributed by atoms with Gasteiger partial charge in [0.2, 0.25) is 0 Å². The van der Waals surface area contributed by atoms with E-state index >= 15 is 0 Å². The van der Waals surface area contributed by atoms with E-state index < -0.39 is 0 Å². The number of esters is 1. The largest absolute Gasteiger partial charge is 0.461 e. The van der Waals surface area contributed by atoms with Gasteiger partial charge < -0.3 is 14.5 Å². The van der Waals surface area contributed by atoms with Crippen LogP contribution in [-0.4, -0.2) is 24.7 Å². The van der Waals surface area contributed by atoms with Crippen molar-refractivity contribution < 1.29 is 13.9 Å². The summed E-state index contributed by atoms with van der Waals surface area (Å²) in [4.78, 5) is 24.1. The van der Waals surface area contributed by atoms with E-state index in [1.54, 1.807) is 17.9 Å². The molecular weight excluding hydrogens is 426 g/mol. The maximum atomic E-state index is 12.6. The summed E-state index contributed by atoms with van der Waals surface area (Å²) in [5, 5.41) is 3.29. The number of nitrogens with one attached hydrogen (secondary N) is 1. The molecule has 1 unspecified atom stereocenters. The molecule has 1 aromatic rings. The highest BCUT2D eigenvalue weighted by molar-refractivity contribution is 5.76. The van der Waals surface area contributed by atoms with Crippen LogP contribution in [0.25, 0.3) is 0 Å². The van der Waals surface area contributed by atoms with Crippen molar-refractivity contribution in [2.24, 2.45) is 28.6 Å². The lowest BCUT2D eigenvalue weighted by atomic mass is 9.46. The van der Waals surface area contributed by atoms with Crippen LogP contribution in [0.4, 0.5) is 0 Å². The number of ether oxygens (including phenoxy) is 1. The summed E-state index contributed by atoms with van der Waals surface area (Å²) in [6.45, 7) is 5.94. The lowest BCUT2D eigenvalue weighted by Crippen LogP contribution is -2.52. The zero-order valence-electron chi connectivity index (χ0n) is 20.7. The molecule has 0 bridgehead atoms. The molecule has 5 aliphatic rings. The standard InChI is InChI=1S/C29H39NO4/c1-28-13-11-20(34-27(32)25-4-3-15-30-25)16-19(28)6-7-21-23-9-8-22(18-5-10-26(31)33-17-18)29(23,2)14-12-24(21)28/h5,9-10,17,19-22,24-25,30H,3-4,6-8,11-16H2,1-2H3/t19-,20+,21+,22-,24+,25?,28+,29-/m1/s1. The highest BCUT2D eigenvalue weighted by Crippen LogP contribution is 2.67. The molecule has 6 rings (SSSR count). The molecule has 2 heterocycles. The summed E-state index contributed by atoms with van der Waals surface area (Å²) in [6.07, 6.45) is 15.6. The Morgan fingerprint density at radius 3 is 2.76 bits per heavy atom. The minimum atomic E-state index is -0.268. The summed E-state index contributed by atoms with van der Waals surface area (Å²) in [7, 11) is 0. The van der Waals surface area contributed by atoms with Gasteiger partial charge in [-0.3, -0.25) is 4.79 Å². The monoisotopic (exact) mass is 465 g/mol. The molecule has 0 aromatic carbocycles. The first-order valence-corrected chi connectivity index (χ1v) is 13.6. The molecule has 1 aliphatic heterocycles. The third-order valence-corrected chi connectivity index (χ3v) is 10.8. The van der Waals surface area contributed by atoms with Crippen LogP contribution in [0.1, 0.15) is 89.5 Å². The van der Waals surface area contributed by atoms with Crippen LogP contribution in [0.5, 0.6) is 0 Å². The Labute approximate surface area is 202 Å². The second kappa shape index (κ2) is 8.36. The van der Waals surface area contributed by atoms with E-state index in [0.717, 1.165) is 44.6 Å². The Morgan fingerprint density at radius 1 is 1.12 bits per heavy atom. The maximum Gasteiger partial charge on any atom is 0.335 e. The normalized spacial score (nSPS) is 43.4. The van der Waals surface area contributed by atoms with Crippen molar-refractivity contribution in [2.45, 2.75) is 96.1 Å². The Hall–Kier alpha value is -1.88. The van der Waals surface area contributed by atoms with Gasteiger partial charge in [-0.05, 0) is 117 Å². The molecule has 4 aliphatic carbocycles.